The molecule has 2 heterocycles. The number of thioether (sulfide) groups is 1. The van der Waals surface area contributed by atoms with Gasteiger partial charge in [-0.2, -0.15) is 0 Å². The van der Waals surface area contributed by atoms with Gasteiger partial charge in [0, 0.05) is 12.2 Å². The molecule has 24 heavy (non-hydrogen) atoms. The number of hydrogen-bond acceptors (Lipinski definition) is 5. The second-order valence-electron chi connectivity index (χ2n) is 6.01. The van der Waals surface area contributed by atoms with Crippen molar-refractivity contribution in [2.45, 2.75) is 44.2 Å². The molecule has 2 aromatic rings. The highest BCUT2D eigenvalue weighted by Gasteiger charge is 2.20. The van der Waals surface area contributed by atoms with Crippen LogP contribution in [0.5, 0.6) is 0 Å². The predicted molar refractivity (Wildman–Crippen MR) is 93.4 cm³/mol. The van der Waals surface area contributed by atoms with Crippen LogP contribution in [0.4, 0.5) is 0 Å². The van der Waals surface area contributed by atoms with Crippen molar-refractivity contribution < 1.29 is 14.6 Å². The van der Waals surface area contributed by atoms with E-state index >= 15 is 0 Å². The van der Waals surface area contributed by atoms with E-state index in [0.717, 1.165) is 35.9 Å². The quantitative estimate of drug-likeness (QED) is 0.617. The van der Waals surface area contributed by atoms with Crippen LogP contribution in [0.25, 0.3) is 0 Å². The zero-order valence-electron chi connectivity index (χ0n) is 13.8. The van der Waals surface area contributed by atoms with Crippen LogP contribution in [0.2, 0.25) is 0 Å². The summed E-state index contributed by atoms with van der Waals surface area (Å²) < 4.78 is 7.66. The highest BCUT2D eigenvalue weighted by molar-refractivity contribution is 7.99. The fourth-order valence-electron chi connectivity index (χ4n) is 2.77. The van der Waals surface area contributed by atoms with Crippen LogP contribution in [0.1, 0.15) is 34.5 Å². The molecule has 1 saturated heterocycles. The Bertz CT molecular complexity index is 691. The number of aryl methyl sites for hydroxylation is 1. The molecule has 0 spiro atoms. The number of aliphatic hydroxyl groups is 1. The molecular weight excluding hydrogens is 324 g/mol. The number of aliphatic hydroxyl groups excluding tert-OH is 1. The van der Waals surface area contributed by atoms with Gasteiger partial charge in [-0.25, -0.2) is 4.98 Å². The second kappa shape index (κ2) is 7.96. The molecule has 1 aliphatic heterocycles. The minimum Gasteiger partial charge on any atom is -0.390 e. The van der Waals surface area contributed by atoms with E-state index in [0.29, 0.717) is 17.9 Å². The van der Waals surface area contributed by atoms with Crippen molar-refractivity contribution in [2.24, 2.45) is 0 Å². The number of benzene rings is 1. The van der Waals surface area contributed by atoms with Gasteiger partial charge in [0.05, 0.1) is 36.9 Å². The van der Waals surface area contributed by atoms with E-state index in [9.17, 15) is 9.90 Å². The second-order valence-corrected chi connectivity index (χ2v) is 6.96. The predicted octanol–water partition coefficient (Wildman–Crippen LogP) is 2.84. The van der Waals surface area contributed by atoms with E-state index in [2.05, 4.69) is 4.98 Å². The molecule has 6 heteroatoms. The van der Waals surface area contributed by atoms with E-state index in [4.69, 9.17) is 4.74 Å². The number of rotatable bonds is 7. The van der Waals surface area contributed by atoms with Crippen molar-refractivity contribution >= 4 is 17.5 Å². The highest BCUT2D eigenvalue weighted by atomic mass is 32.2. The first-order valence-corrected chi connectivity index (χ1v) is 9.15. The Balaban J connectivity index is 1.66. The molecule has 1 N–H and O–H groups in total. The van der Waals surface area contributed by atoms with Crippen LogP contribution >= 0.6 is 11.8 Å². The number of hydrogen-bond donors (Lipinski definition) is 1. The Hall–Kier alpha value is -1.63. The summed E-state index contributed by atoms with van der Waals surface area (Å²) in [5, 5.41) is 10.3. The lowest BCUT2D eigenvalue weighted by atomic mass is 10.1. The first-order valence-electron chi connectivity index (χ1n) is 8.17. The van der Waals surface area contributed by atoms with Gasteiger partial charge in [0.25, 0.3) is 0 Å². The molecular formula is C18H22N2O3S. The zero-order chi connectivity index (χ0) is 16.9. The first kappa shape index (κ1) is 17.2. The average Bonchev–Trinajstić information content (AvgIpc) is 3.23. The zero-order valence-corrected chi connectivity index (χ0v) is 14.6. The summed E-state index contributed by atoms with van der Waals surface area (Å²) in [6.07, 6.45) is 3.93. The van der Waals surface area contributed by atoms with Gasteiger partial charge >= 0.3 is 0 Å². The van der Waals surface area contributed by atoms with Gasteiger partial charge in [-0.05, 0) is 19.8 Å². The number of ether oxygens (including phenoxy) is 1. The van der Waals surface area contributed by atoms with Crippen molar-refractivity contribution in [3.63, 3.8) is 0 Å². The van der Waals surface area contributed by atoms with Gasteiger partial charge in [0.1, 0.15) is 0 Å². The molecule has 0 unspecified atom stereocenters. The summed E-state index contributed by atoms with van der Waals surface area (Å²) in [5.41, 5.74) is 2.61. The van der Waals surface area contributed by atoms with Gasteiger partial charge in [-0.15, -0.1) is 0 Å². The molecule has 0 amide bonds. The molecule has 1 aromatic heterocycles. The molecule has 1 fully saturated rings. The van der Waals surface area contributed by atoms with Crippen molar-refractivity contribution in [1.29, 1.82) is 0 Å². The van der Waals surface area contributed by atoms with Crippen molar-refractivity contribution in [2.75, 3.05) is 12.4 Å². The number of ketones is 1. The smallest absolute Gasteiger partial charge is 0.173 e. The van der Waals surface area contributed by atoms with E-state index in [1.54, 1.807) is 6.20 Å². The molecule has 1 aliphatic rings. The molecule has 1 atom stereocenters. The average molecular weight is 346 g/mol. The van der Waals surface area contributed by atoms with Gasteiger partial charge in [-0.3, -0.25) is 4.79 Å². The highest BCUT2D eigenvalue weighted by Crippen LogP contribution is 2.23. The molecule has 3 rings (SSSR count). The molecule has 5 nitrogen and oxygen atoms in total. The van der Waals surface area contributed by atoms with Crippen LogP contribution in [-0.4, -0.2) is 38.9 Å². The Morgan fingerprint density at radius 1 is 1.42 bits per heavy atom. The molecule has 0 saturated carbocycles. The molecule has 0 radical (unpaired) electrons. The standard InChI is InChI=1S/C18H22N2O3S/c1-13-4-6-14(7-5-13)17(22)12-24-18-19-9-15(11-21)20(18)10-16-3-2-8-23-16/h4-7,9,16,21H,2-3,8,10-12H2,1H3/t16-/m1/s1. The van der Waals surface area contributed by atoms with Gasteiger partial charge in [-0.1, -0.05) is 41.6 Å². The van der Waals surface area contributed by atoms with Crippen LogP contribution in [-0.2, 0) is 17.9 Å². The van der Waals surface area contributed by atoms with Crippen molar-refractivity contribution in [1.82, 2.24) is 9.55 Å². The topological polar surface area (TPSA) is 64.3 Å². The largest absolute Gasteiger partial charge is 0.390 e. The van der Waals surface area contributed by atoms with Gasteiger partial charge in [0.2, 0.25) is 0 Å². The lowest BCUT2D eigenvalue weighted by molar-refractivity contribution is 0.0930. The normalized spacial score (nSPS) is 17.3. The molecule has 1 aromatic carbocycles. The number of carbonyl (C=O) groups is 1. The van der Waals surface area contributed by atoms with Crippen LogP contribution < -0.4 is 0 Å². The molecule has 0 aliphatic carbocycles. The third-order valence-corrected chi connectivity index (χ3v) is 5.17. The Morgan fingerprint density at radius 3 is 2.88 bits per heavy atom. The summed E-state index contributed by atoms with van der Waals surface area (Å²) in [6.45, 7) is 3.41. The SMILES string of the molecule is Cc1ccc(C(=O)CSc2ncc(CO)n2C[C@H]2CCCO2)cc1. The lowest BCUT2D eigenvalue weighted by Crippen LogP contribution is -2.18. The number of Topliss-reactive ketones (excluding diaryl/α,β-unsaturated/α-hetero) is 1. The molecule has 0 bridgehead atoms. The van der Waals surface area contributed by atoms with Gasteiger partial charge in [0.15, 0.2) is 10.9 Å². The lowest BCUT2D eigenvalue weighted by Gasteiger charge is -2.15. The Morgan fingerprint density at radius 2 is 2.21 bits per heavy atom. The van der Waals surface area contributed by atoms with Crippen LogP contribution in [0.15, 0.2) is 35.6 Å². The summed E-state index contributed by atoms with van der Waals surface area (Å²) in [4.78, 5) is 16.7. The minimum atomic E-state index is -0.0633. The van der Waals surface area contributed by atoms with Gasteiger partial charge < -0.3 is 14.4 Å². The van der Waals surface area contributed by atoms with Crippen LogP contribution in [0.3, 0.4) is 0 Å². The van der Waals surface area contributed by atoms with E-state index in [1.165, 1.54) is 11.8 Å². The maximum atomic E-state index is 12.3. The van der Waals surface area contributed by atoms with Crippen molar-refractivity contribution in [3.8, 4) is 0 Å². The summed E-state index contributed by atoms with van der Waals surface area (Å²) >= 11 is 1.41. The Kier molecular flexibility index (Phi) is 5.71. The maximum Gasteiger partial charge on any atom is 0.173 e. The number of aromatic nitrogens is 2. The number of imidazole rings is 1. The maximum absolute atomic E-state index is 12.3. The first-order chi connectivity index (χ1) is 11.7. The summed E-state index contributed by atoms with van der Waals surface area (Å²) in [6, 6.07) is 7.60. The van der Waals surface area contributed by atoms with E-state index in [-0.39, 0.29) is 18.5 Å². The third kappa shape index (κ3) is 4.06. The number of nitrogens with zero attached hydrogens (tertiary/aromatic N) is 2. The fourth-order valence-corrected chi connectivity index (χ4v) is 3.68. The fraction of sp³-hybridized carbons (Fsp3) is 0.444. The molecule has 128 valence electrons. The third-order valence-electron chi connectivity index (χ3n) is 4.18. The van der Waals surface area contributed by atoms with E-state index in [1.807, 2.05) is 35.8 Å². The number of carbonyl (C=O) groups excluding carboxylic acids is 1. The monoisotopic (exact) mass is 346 g/mol. The van der Waals surface area contributed by atoms with E-state index < -0.39 is 0 Å². The summed E-state index contributed by atoms with van der Waals surface area (Å²) in [7, 11) is 0. The van der Waals surface area contributed by atoms with Crippen LogP contribution in [0, 0.1) is 6.92 Å². The minimum absolute atomic E-state index is 0.0633. The summed E-state index contributed by atoms with van der Waals surface area (Å²) in [5.74, 6) is 0.411. The Labute approximate surface area is 146 Å². The van der Waals surface area contributed by atoms with Crippen molar-refractivity contribution in [3.05, 3.63) is 47.3 Å².